The van der Waals surface area contributed by atoms with Gasteiger partial charge in [0, 0.05) is 0 Å². The van der Waals surface area contributed by atoms with Gasteiger partial charge >= 0.3 is 0 Å². The maximum Gasteiger partial charge on any atom is -0.00136 e. The fourth-order valence-electron chi connectivity index (χ4n) is 12.1. The molecular formula is C70H42. The monoisotopic (exact) mass is 882 g/mol. The fourth-order valence-corrected chi connectivity index (χ4v) is 12.1. The second kappa shape index (κ2) is 15.2. The molecule has 0 spiro atoms. The summed E-state index contributed by atoms with van der Waals surface area (Å²) in [4.78, 5) is 0. The molecule has 70 heavy (non-hydrogen) atoms. The third-order valence-electron chi connectivity index (χ3n) is 15.3. The first-order valence-electron chi connectivity index (χ1n) is 24.4. The Morgan fingerprint density at radius 1 is 0.186 bits per heavy atom. The molecule has 0 aliphatic heterocycles. The largest absolute Gasteiger partial charge is 0.0622 e. The summed E-state index contributed by atoms with van der Waals surface area (Å²) in [5, 5.41) is 20.9. The van der Waals surface area contributed by atoms with Gasteiger partial charge in [-0.1, -0.05) is 200 Å². The number of fused-ring (bicyclic) bond motifs is 5. The molecule has 0 nitrogen and oxygen atoms in total. The van der Waals surface area contributed by atoms with Crippen molar-refractivity contribution < 1.29 is 0 Å². The van der Waals surface area contributed by atoms with Crippen molar-refractivity contribution in [2.24, 2.45) is 0 Å². The molecule has 0 atom stereocenters. The van der Waals surface area contributed by atoms with Crippen molar-refractivity contribution in [1.82, 2.24) is 0 Å². The predicted molar refractivity (Wildman–Crippen MR) is 293 cm³/mol. The van der Waals surface area contributed by atoms with E-state index >= 15 is 0 Å². The number of benzene rings is 13. The van der Waals surface area contributed by atoms with Crippen molar-refractivity contribution >= 4 is 43.1 Å². The Hall–Kier alpha value is -9.10. The zero-order valence-corrected chi connectivity index (χ0v) is 38.2. The van der Waals surface area contributed by atoms with E-state index in [1.165, 1.54) is 152 Å². The Labute approximate surface area is 404 Å². The lowest BCUT2D eigenvalue weighted by Crippen LogP contribution is -1.90. The van der Waals surface area contributed by atoms with E-state index in [1.807, 2.05) is 0 Å². The lowest BCUT2D eigenvalue weighted by molar-refractivity contribution is 1.49. The van der Waals surface area contributed by atoms with E-state index in [2.05, 4.69) is 255 Å². The predicted octanol–water partition coefficient (Wildman–Crippen LogP) is 18.1. The van der Waals surface area contributed by atoms with Crippen molar-refractivity contribution in [2.75, 3.05) is 0 Å². The lowest BCUT2D eigenvalue weighted by atomic mass is 9.89. The first-order chi connectivity index (χ1) is 34.7. The summed E-state index contributed by atoms with van der Waals surface area (Å²) in [5.74, 6) is 0. The Kier molecular flexibility index (Phi) is 8.46. The lowest BCUT2D eigenvalue weighted by Gasteiger charge is -2.14. The van der Waals surface area contributed by atoms with Crippen LogP contribution in [0, 0.1) is 41.7 Å². The van der Waals surface area contributed by atoms with Crippen molar-refractivity contribution in [3.05, 3.63) is 297 Å². The highest BCUT2D eigenvalue weighted by Crippen LogP contribution is 2.42. The first-order valence-corrected chi connectivity index (χ1v) is 24.4. The van der Waals surface area contributed by atoms with Gasteiger partial charge in [-0.25, -0.2) is 0 Å². The van der Waals surface area contributed by atoms with Gasteiger partial charge in [-0.2, -0.15) is 0 Å². The smallest absolute Gasteiger partial charge is 0.00136 e. The molecule has 322 valence electrons. The van der Waals surface area contributed by atoms with Crippen LogP contribution in [0.1, 0.15) is 0 Å². The molecule has 2 aliphatic rings. The molecule has 0 fully saturated rings. The number of rotatable bonds is 6. The Balaban J connectivity index is 0.959. The maximum atomic E-state index is 2.46. The van der Waals surface area contributed by atoms with E-state index in [0.717, 1.165) is 0 Å². The molecule has 0 bridgehead atoms. The zero-order chi connectivity index (χ0) is 45.9. The average molecular weight is 883 g/mol. The van der Waals surface area contributed by atoms with Crippen molar-refractivity contribution in [3.8, 4) is 66.8 Å². The van der Waals surface area contributed by atoms with Crippen LogP contribution in [-0.2, 0) is 0 Å². The zero-order valence-electron chi connectivity index (χ0n) is 38.2. The van der Waals surface area contributed by atoms with Crippen molar-refractivity contribution in [1.29, 1.82) is 0 Å². The van der Waals surface area contributed by atoms with Crippen molar-refractivity contribution in [2.45, 2.75) is 0 Å². The van der Waals surface area contributed by atoms with Gasteiger partial charge in [0.05, 0.1) is 0 Å². The minimum Gasteiger partial charge on any atom is -0.0622 e. The second-order valence-corrected chi connectivity index (χ2v) is 19.1. The topological polar surface area (TPSA) is 0 Å². The normalized spacial score (nSPS) is 12.0. The van der Waals surface area contributed by atoms with Crippen LogP contribution in [-0.4, -0.2) is 0 Å². The van der Waals surface area contributed by atoms with Gasteiger partial charge in [-0.15, -0.1) is 0 Å². The van der Waals surface area contributed by atoms with Gasteiger partial charge in [0.15, 0.2) is 0 Å². The van der Waals surface area contributed by atoms with Gasteiger partial charge in [0.1, 0.15) is 0 Å². The summed E-state index contributed by atoms with van der Waals surface area (Å²) in [6, 6.07) is 95.0. The molecule has 2 aliphatic carbocycles. The third-order valence-corrected chi connectivity index (χ3v) is 15.3. The molecule has 0 amide bonds. The molecule has 0 N–H and O–H groups in total. The van der Waals surface area contributed by atoms with Gasteiger partial charge in [0.25, 0.3) is 0 Å². The highest BCUT2D eigenvalue weighted by atomic mass is 14.2. The summed E-state index contributed by atoms with van der Waals surface area (Å²) in [6.45, 7) is 0. The van der Waals surface area contributed by atoms with Crippen LogP contribution in [0.2, 0.25) is 0 Å². The van der Waals surface area contributed by atoms with E-state index < -0.39 is 0 Å². The van der Waals surface area contributed by atoms with E-state index in [9.17, 15) is 0 Å². The van der Waals surface area contributed by atoms with Gasteiger partial charge in [-0.3, -0.25) is 0 Å². The summed E-state index contributed by atoms with van der Waals surface area (Å²) in [7, 11) is 0. The Bertz CT molecular complexity index is 4730. The van der Waals surface area contributed by atoms with Crippen LogP contribution >= 0.6 is 0 Å². The van der Waals surface area contributed by atoms with E-state index in [-0.39, 0.29) is 0 Å². The van der Waals surface area contributed by atoms with Crippen molar-refractivity contribution in [3.63, 3.8) is 0 Å². The molecule has 13 aromatic carbocycles. The van der Waals surface area contributed by atoms with E-state index in [0.29, 0.717) is 0 Å². The quantitative estimate of drug-likeness (QED) is 0.146. The van der Waals surface area contributed by atoms with E-state index in [4.69, 9.17) is 0 Å². The molecule has 13 aromatic rings. The second-order valence-electron chi connectivity index (χ2n) is 19.1. The van der Waals surface area contributed by atoms with Gasteiger partial charge in [-0.05, 0) is 206 Å². The highest BCUT2D eigenvalue weighted by molar-refractivity contribution is 6.06. The Morgan fingerprint density at radius 2 is 0.614 bits per heavy atom. The molecule has 15 rings (SSSR count). The minimum atomic E-state index is 1.22. The molecule has 0 unspecified atom stereocenters. The standard InChI is InChI=1S/C70H42/c1-4-16-43(17-5-1)50-36-51(44-18-6-2-7-19-44)38-54(37-50)67-58-28-11-10-22-49(58)39-66-61-31-30-59-65-42-53-40-63-48(35-52(53)41-64(65)60-32-33-62(70(66)67)69(61)68(59)60)25-15-29-57(63)47-24-14-23-46(34-47)56-27-13-12-26-55(56)45-20-8-3-9-21-45/h1-42H. The minimum absolute atomic E-state index is 1.22. The molecule has 0 heterocycles. The SMILES string of the molecule is c1ccc(-c2cc(-c3ccccc3)cc(-c3c4c(cc5ccccc35)=c3ccc5c6c(ccc=4c36)=c3cc4cc6cccc(-c7cccc(-c8ccccc8-c8ccccc8)c7)c6cc4cc3=5)c2)cc1. The average Bonchev–Trinajstić information content (AvgIpc) is 3.92. The third kappa shape index (κ3) is 5.90. The van der Waals surface area contributed by atoms with Crippen LogP contribution in [0.3, 0.4) is 0 Å². The fraction of sp³-hybridized carbons (Fsp3) is 0. The first kappa shape index (κ1) is 38.9. The molecule has 0 saturated heterocycles. The summed E-state index contributed by atoms with van der Waals surface area (Å²) >= 11 is 0. The molecule has 0 aromatic heterocycles. The highest BCUT2D eigenvalue weighted by Gasteiger charge is 2.19. The van der Waals surface area contributed by atoms with Gasteiger partial charge < -0.3 is 0 Å². The summed E-state index contributed by atoms with van der Waals surface area (Å²) in [5.41, 5.74) is 14.8. The molecular weight excluding hydrogens is 841 g/mol. The van der Waals surface area contributed by atoms with E-state index in [1.54, 1.807) is 0 Å². The maximum absolute atomic E-state index is 2.46. The van der Waals surface area contributed by atoms with Crippen LogP contribution in [0.15, 0.2) is 255 Å². The van der Waals surface area contributed by atoms with Crippen LogP contribution in [0.25, 0.3) is 110 Å². The van der Waals surface area contributed by atoms with Crippen LogP contribution in [0.4, 0.5) is 0 Å². The number of hydrogen-bond donors (Lipinski definition) is 0. The van der Waals surface area contributed by atoms with Gasteiger partial charge in [0.2, 0.25) is 0 Å². The molecule has 0 radical (unpaired) electrons. The molecule has 0 saturated carbocycles. The molecule has 0 heteroatoms. The number of hydrogen-bond acceptors (Lipinski definition) is 0. The van der Waals surface area contributed by atoms with Crippen LogP contribution in [0.5, 0.6) is 0 Å². The van der Waals surface area contributed by atoms with Crippen LogP contribution < -0.4 is 0 Å². The summed E-state index contributed by atoms with van der Waals surface area (Å²) < 4.78 is 0. The Morgan fingerprint density at radius 3 is 1.30 bits per heavy atom. The summed E-state index contributed by atoms with van der Waals surface area (Å²) in [6.07, 6.45) is 0.